The Bertz CT molecular complexity index is 598. The van der Waals surface area contributed by atoms with Gasteiger partial charge in [-0.05, 0) is 13.0 Å². The molecule has 0 aliphatic heterocycles. The Hall–Kier alpha value is -1.33. The summed E-state index contributed by atoms with van der Waals surface area (Å²) in [6.07, 6.45) is 3.66. The average molecular weight is 233 g/mol. The van der Waals surface area contributed by atoms with Crippen molar-refractivity contribution in [2.45, 2.75) is 6.92 Å². The smallest absolute Gasteiger partial charge is 0.143 e. The summed E-state index contributed by atoms with van der Waals surface area (Å²) in [5.41, 5.74) is 2.01. The molecule has 0 aliphatic rings. The van der Waals surface area contributed by atoms with Crippen molar-refractivity contribution in [1.82, 2.24) is 15.0 Å². The van der Waals surface area contributed by atoms with Gasteiger partial charge in [0, 0.05) is 23.3 Å². The Balaban J connectivity index is 2.21. The number of thiazole rings is 2. The van der Waals surface area contributed by atoms with Gasteiger partial charge in [0.2, 0.25) is 0 Å². The van der Waals surface area contributed by atoms with Gasteiger partial charge in [-0.25, -0.2) is 15.0 Å². The van der Waals surface area contributed by atoms with E-state index in [-0.39, 0.29) is 0 Å². The number of aromatic nitrogens is 3. The molecule has 3 rings (SSSR count). The first-order valence-corrected chi connectivity index (χ1v) is 6.15. The summed E-state index contributed by atoms with van der Waals surface area (Å²) in [4.78, 5) is 14.0. The van der Waals surface area contributed by atoms with Crippen LogP contribution in [-0.4, -0.2) is 15.0 Å². The number of nitrogens with zero attached hydrogens (tertiary/aromatic N) is 3. The van der Waals surface area contributed by atoms with Crippen molar-refractivity contribution in [3.8, 4) is 10.6 Å². The lowest BCUT2D eigenvalue weighted by Gasteiger charge is -1.93. The van der Waals surface area contributed by atoms with E-state index in [1.54, 1.807) is 28.9 Å². The van der Waals surface area contributed by atoms with Gasteiger partial charge >= 0.3 is 0 Å². The van der Waals surface area contributed by atoms with Crippen LogP contribution in [0, 0.1) is 6.92 Å². The van der Waals surface area contributed by atoms with E-state index in [0.29, 0.717) is 0 Å². The van der Waals surface area contributed by atoms with Gasteiger partial charge in [-0.1, -0.05) is 11.3 Å². The van der Waals surface area contributed by atoms with E-state index in [4.69, 9.17) is 0 Å². The maximum atomic E-state index is 4.42. The first-order valence-electron chi connectivity index (χ1n) is 4.46. The lowest BCUT2D eigenvalue weighted by molar-refractivity contribution is 1.32. The molecular formula is C10H7N3S2. The van der Waals surface area contributed by atoms with Crippen LogP contribution in [0.5, 0.6) is 0 Å². The molecule has 15 heavy (non-hydrogen) atoms. The van der Waals surface area contributed by atoms with E-state index in [9.17, 15) is 0 Å². The molecule has 5 heteroatoms. The van der Waals surface area contributed by atoms with Gasteiger partial charge in [-0.3, -0.25) is 0 Å². The zero-order chi connectivity index (χ0) is 10.3. The highest BCUT2D eigenvalue weighted by Gasteiger charge is 2.05. The molecular weight excluding hydrogens is 226 g/mol. The van der Waals surface area contributed by atoms with Crippen LogP contribution in [0.15, 0.2) is 23.8 Å². The summed E-state index contributed by atoms with van der Waals surface area (Å²) in [6, 6.07) is 2.05. The first-order chi connectivity index (χ1) is 7.33. The van der Waals surface area contributed by atoms with Gasteiger partial charge in [-0.15, -0.1) is 11.3 Å². The summed E-state index contributed by atoms with van der Waals surface area (Å²) in [5.74, 6) is 0. The van der Waals surface area contributed by atoms with Crippen molar-refractivity contribution in [2.75, 3.05) is 0 Å². The molecule has 0 fully saturated rings. The van der Waals surface area contributed by atoms with Crippen LogP contribution in [0.3, 0.4) is 0 Å². The Morgan fingerprint density at radius 2 is 2.20 bits per heavy atom. The molecule has 0 N–H and O–H groups in total. The number of aryl methyl sites for hydroxylation is 1. The lowest BCUT2D eigenvalue weighted by atomic mass is 10.3. The van der Waals surface area contributed by atoms with E-state index >= 15 is 0 Å². The quantitative estimate of drug-likeness (QED) is 0.648. The highest BCUT2D eigenvalue weighted by molar-refractivity contribution is 7.18. The van der Waals surface area contributed by atoms with Crippen LogP contribution in [0.2, 0.25) is 0 Å². The van der Waals surface area contributed by atoms with Gasteiger partial charge in [0.1, 0.15) is 15.4 Å². The molecule has 3 aromatic heterocycles. The molecule has 3 aromatic rings. The second-order valence-corrected chi connectivity index (χ2v) is 5.19. The third-order valence-electron chi connectivity index (χ3n) is 2.03. The zero-order valence-corrected chi connectivity index (χ0v) is 9.60. The van der Waals surface area contributed by atoms with Crippen LogP contribution in [0.1, 0.15) is 5.01 Å². The van der Waals surface area contributed by atoms with Crippen molar-refractivity contribution in [2.24, 2.45) is 0 Å². The SMILES string of the molecule is Cc1nc2cc(-c3nccs3)cnc2s1. The third kappa shape index (κ3) is 1.53. The van der Waals surface area contributed by atoms with Gasteiger partial charge in [0.25, 0.3) is 0 Å². The standard InChI is InChI=1S/C10H7N3S2/c1-6-13-8-4-7(5-12-10(8)15-6)9-11-2-3-14-9/h2-5H,1H3. The molecule has 0 aliphatic carbocycles. The highest BCUT2D eigenvalue weighted by Crippen LogP contribution is 2.26. The highest BCUT2D eigenvalue weighted by atomic mass is 32.1. The van der Waals surface area contributed by atoms with Gasteiger partial charge in [-0.2, -0.15) is 0 Å². The molecule has 0 saturated carbocycles. The van der Waals surface area contributed by atoms with E-state index in [0.717, 1.165) is 25.9 Å². The molecule has 0 unspecified atom stereocenters. The van der Waals surface area contributed by atoms with Crippen LogP contribution in [-0.2, 0) is 0 Å². The molecule has 0 bridgehead atoms. The number of hydrogen-bond acceptors (Lipinski definition) is 5. The molecule has 74 valence electrons. The van der Waals surface area contributed by atoms with E-state index in [1.165, 1.54) is 0 Å². The van der Waals surface area contributed by atoms with E-state index in [2.05, 4.69) is 15.0 Å². The van der Waals surface area contributed by atoms with Gasteiger partial charge in [0.15, 0.2) is 0 Å². The lowest BCUT2D eigenvalue weighted by Crippen LogP contribution is -1.79. The number of hydrogen-bond donors (Lipinski definition) is 0. The van der Waals surface area contributed by atoms with Gasteiger partial charge in [0.05, 0.1) is 5.01 Å². The van der Waals surface area contributed by atoms with E-state index in [1.807, 2.05) is 24.6 Å². The second kappa shape index (κ2) is 3.36. The molecule has 0 radical (unpaired) electrons. The molecule has 0 amide bonds. The predicted octanol–water partition coefficient (Wildman–Crippen LogP) is 3.12. The fourth-order valence-corrected chi connectivity index (χ4v) is 2.77. The summed E-state index contributed by atoms with van der Waals surface area (Å²) in [7, 11) is 0. The largest absolute Gasteiger partial charge is 0.244 e. The normalized spacial score (nSPS) is 11.0. The number of rotatable bonds is 1. The van der Waals surface area contributed by atoms with Crippen molar-refractivity contribution in [3.63, 3.8) is 0 Å². The average Bonchev–Trinajstić information content (AvgIpc) is 2.82. The topological polar surface area (TPSA) is 38.7 Å². The Labute approximate surface area is 94.5 Å². The van der Waals surface area contributed by atoms with Crippen molar-refractivity contribution >= 4 is 33.0 Å². The van der Waals surface area contributed by atoms with E-state index < -0.39 is 0 Å². The van der Waals surface area contributed by atoms with Crippen LogP contribution >= 0.6 is 22.7 Å². The van der Waals surface area contributed by atoms with Crippen LogP contribution < -0.4 is 0 Å². The zero-order valence-electron chi connectivity index (χ0n) is 7.97. The van der Waals surface area contributed by atoms with Crippen LogP contribution in [0.4, 0.5) is 0 Å². The molecule has 3 heterocycles. The Morgan fingerprint density at radius 1 is 1.27 bits per heavy atom. The first kappa shape index (κ1) is 8.94. The minimum atomic E-state index is 0.963. The molecule has 0 aromatic carbocycles. The maximum Gasteiger partial charge on any atom is 0.143 e. The van der Waals surface area contributed by atoms with Crippen molar-refractivity contribution in [3.05, 3.63) is 28.8 Å². The fourth-order valence-electron chi connectivity index (χ4n) is 1.41. The summed E-state index contributed by atoms with van der Waals surface area (Å²) in [5, 5.41) is 4.01. The summed E-state index contributed by atoms with van der Waals surface area (Å²) in [6.45, 7) is 2.00. The van der Waals surface area contributed by atoms with Crippen molar-refractivity contribution < 1.29 is 0 Å². The summed E-state index contributed by atoms with van der Waals surface area (Å²) >= 11 is 3.23. The second-order valence-electron chi connectivity index (χ2n) is 3.12. The third-order valence-corrected chi connectivity index (χ3v) is 3.75. The van der Waals surface area contributed by atoms with Crippen molar-refractivity contribution in [1.29, 1.82) is 0 Å². The fraction of sp³-hybridized carbons (Fsp3) is 0.100. The van der Waals surface area contributed by atoms with Crippen LogP contribution in [0.25, 0.3) is 20.9 Å². The minimum absolute atomic E-state index is 0.963. The number of fused-ring (bicyclic) bond motifs is 1. The maximum absolute atomic E-state index is 4.42. The molecule has 0 saturated heterocycles. The number of pyridine rings is 1. The molecule has 3 nitrogen and oxygen atoms in total. The monoisotopic (exact) mass is 233 g/mol. The van der Waals surface area contributed by atoms with Gasteiger partial charge < -0.3 is 0 Å². The Kier molecular flexibility index (Phi) is 2.00. The Morgan fingerprint density at radius 3 is 3.00 bits per heavy atom. The summed E-state index contributed by atoms with van der Waals surface area (Å²) < 4.78 is 0. The predicted molar refractivity (Wildman–Crippen MR) is 63.3 cm³/mol. The minimum Gasteiger partial charge on any atom is -0.244 e. The molecule has 0 atom stereocenters. The molecule has 0 spiro atoms.